The maximum Gasteiger partial charge on any atom is 0.197 e. The first kappa shape index (κ1) is 8.05. The van der Waals surface area contributed by atoms with Crippen molar-refractivity contribution in [1.82, 2.24) is 15.0 Å². The van der Waals surface area contributed by atoms with E-state index < -0.39 is 0 Å². The van der Waals surface area contributed by atoms with Crippen molar-refractivity contribution in [2.45, 2.75) is 0 Å². The molecule has 0 aliphatic carbocycles. The van der Waals surface area contributed by atoms with Gasteiger partial charge in [0.2, 0.25) is 0 Å². The molecule has 0 unspecified atom stereocenters. The number of nitrogens with one attached hydrogen (secondary N) is 1. The van der Waals surface area contributed by atoms with Crippen LogP contribution in [0.3, 0.4) is 0 Å². The van der Waals surface area contributed by atoms with Gasteiger partial charge in [-0.1, -0.05) is 6.07 Å². The third-order valence-corrected chi connectivity index (χ3v) is 2.24. The van der Waals surface area contributed by atoms with Crippen molar-refractivity contribution in [2.75, 3.05) is 5.73 Å². The number of hydrogen-bond acceptors (Lipinski definition) is 4. The molecule has 0 spiro atoms. The van der Waals surface area contributed by atoms with Crippen LogP contribution in [0.15, 0.2) is 35.2 Å². The van der Waals surface area contributed by atoms with E-state index in [1.54, 1.807) is 6.20 Å². The summed E-state index contributed by atoms with van der Waals surface area (Å²) in [5, 5.41) is 0. The van der Waals surface area contributed by atoms with Crippen LogP contribution in [0.2, 0.25) is 0 Å². The van der Waals surface area contributed by atoms with E-state index in [4.69, 9.17) is 10.2 Å². The van der Waals surface area contributed by atoms with Crippen molar-refractivity contribution in [1.29, 1.82) is 0 Å². The average molecular weight is 200 g/mol. The van der Waals surface area contributed by atoms with Gasteiger partial charge in [-0.15, -0.1) is 0 Å². The van der Waals surface area contributed by atoms with E-state index in [1.807, 2.05) is 18.2 Å². The standard InChI is InChI=1S/C10H8N4O/c11-10-12-4-8(14-10)6-1-2-7-9(3-6)15-5-13-7/h1-5H,(H3,11,12,14). The predicted molar refractivity (Wildman–Crippen MR) is 56.0 cm³/mol. The predicted octanol–water partition coefficient (Wildman–Crippen LogP) is 1.80. The molecule has 0 aliphatic heterocycles. The zero-order chi connectivity index (χ0) is 10.3. The zero-order valence-electron chi connectivity index (χ0n) is 7.77. The number of imidazole rings is 1. The summed E-state index contributed by atoms with van der Waals surface area (Å²) in [7, 11) is 0. The van der Waals surface area contributed by atoms with Crippen LogP contribution < -0.4 is 5.73 Å². The summed E-state index contributed by atoms with van der Waals surface area (Å²) in [4.78, 5) is 10.9. The first-order valence-corrected chi connectivity index (χ1v) is 4.47. The molecule has 5 heteroatoms. The molecule has 0 aliphatic rings. The van der Waals surface area contributed by atoms with E-state index in [1.165, 1.54) is 6.39 Å². The first-order chi connectivity index (χ1) is 7.33. The highest BCUT2D eigenvalue weighted by Gasteiger charge is 2.04. The summed E-state index contributed by atoms with van der Waals surface area (Å²) >= 11 is 0. The Morgan fingerprint density at radius 3 is 3.00 bits per heavy atom. The highest BCUT2D eigenvalue weighted by atomic mass is 16.3. The number of aromatic amines is 1. The van der Waals surface area contributed by atoms with Gasteiger partial charge in [-0.25, -0.2) is 9.97 Å². The number of nitrogens with two attached hydrogens (primary N) is 1. The Labute approximate surface area is 85.0 Å². The molecule has 0 saturated heterocycles. The Balaban J connectivity index is 2.18. The third kappa shape index (κ3) is 1.25. The molecule has 0 saturated carbocycles. The number of aromatic nitrogens is 3. The molecule has 0 fully saturated rings. The highest BCUT2D eigenvalue weighted by Crippen LogP contribution is 2.22. The summed E-state index contributed by atoms with van der Waals surface area (Å²) in [6.45, 7) is 0. The first-order valence-electron chi connectivity index (χ1n) is 4.47. The topological polar surface area (TPSA) is 80.7 Å². The fraction of sp³-hybridized carbons (Fsp3) is 0. The molecule has 0 amide bonds. The van der Waals surface area contributed by atoms with Crippen molar-refractivity contribution >= 4 is 17.0 Å². The summed E-state index contributed by atoms with van der Waals surface area (Å²) < 4.78 is 5.21. The lowest BCUT2D eigenvalue weighted by Gasteiger charge is -1.95. The van der Waals surface area contributed by atoms with E-state index in [-0.39, 0.29) is 0 Å². The Hall–Kier alpha value is -2.30. The number of H-pyrrole nitrogens is 1. The lowest BCUT2D eigenvalue weighted by molar-refractivity contribution is 0.602. The molecule has 15 heavy (non-hydrogen) atoms. The van der Waals surface area contributed by atoms with Crippen molar-refractivity contribution in [3.8, 4) is 11.3 Å². The average Bonchev–Trinajstić information content (AvgIpc) is 2.84. The number of oxazole rings is 1. The molecule has 3 rings (SSSR count). The van der Waals surface area contributed by atoms with Crippen molar-refractivity contribution in [3.05, 3.63) is 30.8 Å². The van der Waals surface area contributed by atoms with Gasteiger partial charge in [-0.05, 0) is 12.1 Å². The van der Waals surface area contributed by atoms with Gasteiger partial charge in [0, 0.05) is 5.56 Å². The largest absolute Gasteiger partial charge is 0.443 e. The molecule has 74 valence electrons. The number of anilines is 1. The van der Waals surface area contributed by atoms with Gasteiger partial charge < -0.3 is 15.1 Å². The Kier molecular flexibility index (Phi) is 1.53. The van der Waals surface area contributed by atoms with Crippen LogP contribution in [-0.2, 0) is 0 Å². The molecular formula is C10H8N4O. The van der Waals surface area contributed by atoms with E-state index >= 15 is 0 Å². The van der Waals surface area contributed by atoms with Gasteiger partial charge in [0.15, 0.2) is 17.9 Å². The molecule has 5 nitrogen and oxygen atoms in total. The smallest absolute Gasteiger partial charge is 0.197 e. The van der Waals surface area contributed by atoms with Gasteiger partial charge in [0.25, 0.3) is 0 Å². The van der Waals surface area contributed by atoms with Crippen molar-refractivity contribution in [2.24, 2.45) is 0 Å². The van der Waals surface area contributed by atoms with Gasteiger partial charge in [0.05, 0.1) is 11.9 Å². The molecule has 0 radical (unpaired) electrons. The van der Waals surface area contributed by atoms with E-state index in [9.17, 15) is 0 Å². The SMILES string of the molecule is Nc1ncc(-c2ccc3ncoc3c2)[nH]1. The molecule has 1 aromatic carbocycles. The molecular weight excluding hydrogens is 192 g/mol. The Morgan fingerprint density at radius 1 is 1.27 bits per heavy atom. The van der Waals surface area contributed by atoms with E-state index in [0.717, 1.165) is 22.4 Å². The molecule has 3 N–H and O–H groups in total. The monoisotopic (exact) mass is 200 g/mol. The second kappa shape index (κ2) is 2.84. The lowest BCUT2D eigenvalue weighted by Crippen LogP contribution is -1.85. The highest BCUT2D eigenvalue weighted by molar-refractivity contribution is 5.78. The van der Waals surface area contributed by atoms with Gasteiger partial charge in [-0.3, -0.25) is 0 Å². The van der Waals surface area contributed by atoms with Crippen LogP contribution in [0.4, 0.5) is 5.95 Å². The number of nitrogens with zero attached hydrogens (tertiary/aromatic N) is 2. The maximum atomic E-state index is 5.51. The second-order valence-electron chi connectivity index (χ2n) is 3.22. The van der Waals surface area contributed by atoms with Crippen molar-refractivity contribution < 1.29 is 4.42 Å². The van der Waals surface area contributed by atoms with E-state index in [0.29, 0.717) is 5.95 Å². The number of benzene rings is 1. The van der Waals surface area contributed by atoms with Crippen molar-refractivity contribution in [3.63, 3.8) is 0 Å². The number of rotatable bonds is 1. The minimum Gasteiger partial charge on any atom is -0.443 e. The summed E-state index contributed by atoms with van der Waals surface area (Å²) in [5.41, 5.74) is 8.94. The third-order valence-electron chi connectivity index (χ3n) is 2.24. The molecule has 0 atom stereocenters. The van der Waals surface area contributed by atoms with Crippen LogP contribution in [0.25, 0.3) is 22.4 Å². The minimum atomic E-state index is 0.405. The van der Waals surface area contributed by atoms with Crippen LogP contribution >= 0.6 is 0 Å². The zero-order valence-corrected chi connectivity index (χ0v) is 7.77. The fourth-order valence-corrected chi connectivity index (χ4v) is 1.51. The lowest BCUT2D eigenvalue weighted by atomic mass is 10.1. The number of hydrogen-bond donors (Lipinski definition) is 2. The maximum absolute atomic E-state index is 5.51. The Morgan fingerprint density at radius 2 is 2.20 bits per heavy atom. The normalized spacial score (nSPS) is 10.9. The number of nitrogen functional groups attached to an aromatic ring is 1. The van der Waals surface area contributed by atoms with Gasteiger partial charge >= 0.3 is 0 Å². The quantitative estimate of drug-likeness (QED) is 0.627. The van der Waals surface area contributed by atoms with Crippen LogP contribution in [0, 0.1) is 0 Å². The fourth-order valence-electron chi connectivity index (χ4n) is 1.51. The Bertz CT molecular complexity index is 610. The summed E-state index contributed by atoms with van der Waals surface area (Å²) in [6, 6.07) is 5.73. The van der Waals surface area contributed by atoms with Gasteiger partial charge in [0.1, 0.15) is 5.52 Å². The number of fused-ring (bicyclic) bond motifs is 1. The molecule has 0 bridgehead atoms. The van der Waals surface area contributed by atoms with Crippen LogP contribution in [0.1, 0.15) is 0 Å². The van der Waals surface area contributed by atoms with Crippen LogP contribution in [0.5, 0.6) is 0 Å². The van der Waals surface area contributed by atoms with Crippen LogP contribution in [-0.4, -0.2) is 15.0 Å². The minimum absolute atomic E-state index is 0.405. The van der Waals surface area contributed by atoms with Gasteiger partial charge in [-0.2, -0.15) is 0 Å². The second-order valence-corrected chi connectivity index (χ2v) is 3.22. The molecule has 2 aromatic heterocycles. The summed E-state index contributed by atoms with van der Waals surface area (Å²) in [6.07, 6.45) is 3.11. The summed E-state index contributed by atoms with van der Waals surface area (Å²) in [5.74, 6) is 0.405. The molecule has 2 heterocycles. The molecule has 3 aromatic rings. The van der Waals surface area contributed by atoms with E-state index in [2.05, 4.69) is 15.0 Å².